The zero-order valence-corrected chi connectivity index (χ0v) is 12.4. The average molecular weight is 314 g/mol. The van der Waals surface area contributed by atoms with Crippen LogP contribution in [0.15, 0.2) is 30.5 Å². The molecule has 1 aromatic heterocycles. The monoisotopic (exact) mass is 313 g/mol. The summed E-state index contributed by atoms with van der Waals surface area (Å²) < 4.78 is 10.3. The van der Waals surface area contributed by atoms with Crippen LogP contribution in [0.1, 0.15) is 17.4 Å². The number of halogens is 2. The summed E-state index contributed by atoms with van der Waals surface area (Å²) in [6, 6.07) is 6.64. The van der Waals surface area contributed by atoms with Crippen molar-refractivity contribution in [2.45, 2.75) is 6.10 Å². The highest BCUT2D eigenvalue weighted by molar-refractivity contribution is 6.34. The van der Waals surface area contributed by atoms with Gasteiger partial charge in [0.15, 0.2) is 0 Å². The lowest BCUT2D eigenvalue weighted by Gasteiger charge is -2.14. The van der Waals surface area contributed by atoms with Gasteiger partial charge in [-0.25, -0.2) is 0 Å². The highest BCUT2D eigenvalue weighted by atomic mass is 35.5. The van der Waals surface area contributed by atoms with E-state index in [1.807, 2.05) is 0 Å². The maximum absolute atomic E-state index is 10.4. The summed E-state index contributed by atoms with van der Waals surface area (Å²) in [6.07, 6.45) is 0.437. The molecule has 1 unspecified atom stereocenters. The topological polar surface area (TPSA) is 51.6 Å². The van der Waals surface area contributed by atoms with Crippen molar-refractivity contribution < 1.29 is 14.6 Å². The van der Waals surface area contributed by atoms with Crippen LogP contribution in [0, 0.1) is 0 Å². The Bertz CT molecular complexity index is 597. The molecule has 1 heterocycles. The number of ether oxygens (including phenoxy) is 2. The number of methoxy groups -OCH3 is 2. The minimum Gasteiger partial charge on any atom is -0.497 e. The number of hydrogen-bond donors (Lipinski definition) is 1. The van der Waals surface area contributed by atoms with Crippen LogP contribution >= 0.6 is 23.2 Å². The number of hydrogen-bond acceptors (Lipinski definition) is 4. The molecule has 0 spiro atoms. The van der Waals surface area contributed by atoms with Crippen LogP contribution in [0.5, 0.6) is 11.5 Å². The number of benzene rings is 1. The summed E-state index contributed by atoms with van der Waals surface area (Å²) >= 11 is 11.8. The first-order valence-electron chi connectivity index (χ1n) is 5.77. The molecule has 0 bridgehead atoms. The summed E-state index contributed by atoms with van der Waals surface area (Å²) in [6.45, 7) is 0. The fourth-order valence-electron chi connectivity index (χ4n) is 1.77. The van der Waals surface area contributed by atoms with E-state index in [1.54, 1.807) is 32.4 Å². The van der Waals surface area contributed by atoms with Crippen molar-refractivity contribution in [3.8, 4) is 11.5 Å². The molecule has 0 fully saturated rings. The first-order valence-corrected chi connectivity index (χ1v) is 6.52. The molecule has 0 aliphatic carbocycles. The molecular weight excluding hydrogens is 301 g/mol. The van der Waals surface area contributed by atoms with Crippen LogP contribution < -0.4 is 9.47 Å². The predicted molar refractivity (Wildman–Crippen MR) is 77.9 cm³/mol. The summed E-state index contributed by atoms with van der Waals surface area (Å²) in [5, 5.41) is 11.1. The number of aliphatic hydroxyl groups is 1. The Kier molecular flexibility index (Phi) is 4.70. The molecule has 0 saturated carbocycles. The standard InChI is InChI=1S/C14H13Cl2NO3/c1-19-10-3-8(4-11(6-10)20-2)14(18)13-12(16)5-9(15)7-17-13/h3-7,14,18H,1-2H3. The van der Waals surface area contributed by atoms with Crippen molar-refractivity contribution in [3.63, 3.8) is 0 Å². The normalized spacial score (nSPS) is 12.1. The Hall–Kier alpha value is -1.49. The second kappa shape index (κ2) is 6.31. The highest BCUT2D eigenvalue weighted by Crippen LogP contribution is 2.32. The van der Waals surface area contributed by atoms with Gasteiger partial charge in [-0.15, -0.1) is 0 Å². The zero-order valence-electron chi connectivity index (χ0n) is 10.9. The Morgan fingerprint density at radius 2 is 1.65 bits per heavy atom. The van der Waals surface area contributed by atoms with Crippen LogP contribution in [-0.4, -0.2) is 24.3 Å². The third kappa shape index (κ3) is 3.15. The molecule has 1 N–H and O–H groups in total. The molecule has 0 saturated heterocycles. The van der Waals surface area contributed by atoms with Gasteiger partial charge in [-0.1, -0.05) is 23.2 Å². The third-order valence-electron chi connectivity index (χ3n) is 2.78. The maximum Gasteiger partial charge on any atom is 0.123 e. The fourth-order valence-corrected chi connectivity index (χ4v) is 2.25. The van der Waals surface area contributed by atoms with Crippen LogP contribution in [-0.2, 0) is 0 Å². The average Bonchev–Trinajstić information content (AvgIpc) is 2.46. The van der Waals surface area contributed by atoms with Gasteiger partial charge in [0.25, 0.3) is 0 Å². The van der Waals surface area contributed by atoms with Crippen molar-refractivity contribution in [1.82, 2.24) is 4.98 Å². The highest BCUT2D eigenvalue weighted by Gasteiger charge is 2.18. The van der Waals surface area contributed by atoms with E-state index in [0.29, 0.717) is 32.8 Å². The van der Waals surface area contributed by atoms with E-state index in [4.69, 9.17) is 32.7 Å². The summed E-state index contributed by atoms with van der Waals surface area (Å²) in [7, 11) is 3.08. The van der Waals surface area contributed by atoms with E-state index >= 15 is 0 Å². The Balaban J connectivity index is 2.44. The van der Waals surface area contributed by atoms with E-state index in [0.717, 1.165) is 0 Å². The maximum atomic E-state index is 10.4. The molecular formula is C14H13Cl2NO3. The first kappa shape index (κ1) is 14.9. The summed E-state index contributed by atoms with van der Waals surface area (Å²) in [5.41, 5.74) is 0.893. The second-order valence-corrected chi connectivity index (χ2v) is 4.91. The van der Waals surface area contributed by atoms with E-state index in [2.05, 4.69) is 4.98 Å². The molecule has 0 radical (unpaired) electrons. The molecule has 0 aliphatic heterocycles. The predicted octanol–water partition coefficient (Wildman–Crippen LogP) is 3.49. The van der Waals surface area contributed by atoms with Crippen LogP contribution in [0.2, 0.25) is 10.0 Å². The van der Waals surface area contributed by atoms with Gasteiger partial charge < -0.3 is 14.6 Å². The summed E-state index contributed by atoms with van der Waals surface area (Å²) in [4.78, 5) is 4.07. The molecule has 2 rings (SSSR count). The lowest BCUT2D eigenvalue weighted by atomic mass is 10.1. The summed E-state index contributed by atoms with van der Waals surface area (Å²) in [5.74, 6) is 1.15. The largest absolute Gasteiger partial charge is 0.497 e. The van der Waals surface area contributed by atoms with Gasteiger partial charge in [0.2, 0.25) is 0 Å². The molecule has 1 atom stereocenters. The van der Waals surface area contributed by atoms with Gasteiger partial charge in [0, 0.05) is 12.3 Å². The van der Waals surface area contributed by atoms with Crippen molar-refractivity contribution in [1.29, 1.82) is 0 Å². The molecule has 6 heteroatoms. The van der Waals surface area contributed by atoms with Gasteiger partial charge in [-0.2, -0.15) is 0 Å². The van der Waals surface area contributed by atoms with Crippen LogP contribution in [0.25, 0.3) is 0 Å². The molecule has 106 valence electrons. The van der Waals surface area contributed by atoms with E-state index in [1.165, 1.54) is 12.3 Å². The molecule has 1 aromatic carbocycles. The van der Waals surface area contributed by atoms with E-state index in [-0.39, 0.29) is 0 Å². The van der Waals surface area contributed by atoms with Gasteiger partial charge in [-0.3, -0.25) is 4.98 Å². The van der Waals surface area contributed by atoms with Crippen LogP contribution in [0.4, 0.5) is 0 Å². The van der Waals surface area contributed by atoms with Gasteiger partial charge in [0.05, 0.1) is 30.0 Å². The number of nitrogens with zero attached hydrogens (tertiary/aromatic N) is 1. The number of aromatic nitrogens is 1. The molecule has 0 aliphatic rings. The Labute approximate surface area is 126 Å². The Morgan fingerprint density at radius 1 is 1.05 bits per heavy atom. The third-order valence-corrected chi connectivity index (χ3v) is 3.29. The quantitative estimate of drug-likeness (QED) is 0.938. The van der Waals surface area contributed by atoms with Crippen molar-refractivity contribution in [2.75, 3.05) is 14.2 Å². The zero-order chi connectivity index (χ0) is 14.7. The molecule has 4 nitrogen and oxygen atoms in total. The minimum absolute atomic E-state index is 0.298. The van der Waals surface area contributed by atoms with Gasteiger partial charge in [-0.05, 0) is 23.8 Å². The lowest BCUT2D eigenvalue weighted by Crippen LogP contribution is -2.04. The molecule has 20 heavy (non-hydrogen) atoms. The van der Waals surface area contributed by atoms with Crippen molar-refractivity contribution in [2.24, 2.45) is 0 Å². The second-order valence-electron chi connectivity index (χ2n) is 4.07. The number of pyridine rings is 1. The Morgan fingerprint density at radius 3 is 2.15 bits per heavy atom. The van der Waals surface area contributed by atoms with Gasteiger partial charge >= 0.3 is 0 Å². The SMILES string of the molecule is COc1cc(OC)cc(C(O)c2ncc(Cl)cc2Cl)c1. The van der Waals surface area contributed by atoms with Crippen molar-refractivity contribution >= 4 is 23.2 Å². The first-order chi connectivity index (χ1) is 9.55. The number of rotatable bonds is 4. The minimum atomic E-state index is -0.997. The fraction of sp³-hybridized carbons (Fsp3) is 0.214. The van der Waals surface area contributed by atoms with Gasteiger partial charge in [0.1, 0.15) is 17.6 Å². The lowest BCUT2D eigenvalue weighted by molar-refractivity contribution is 0.214. The smallest absolute Gasteiger partial charge is 0.123 e. The van der Waals surface area contributed by atoms with Crippen LogP contribution in [0.3, 0.4) is 0 Å². The van der Waals surface area contributed by atoms with E-state index in [9.17, 15) is 5.11 Å². The molecule has 2 aromatic rings. The molecule has 0 amide bonds. The van der Waals surface area contributed by atoms with E-state index < -0.39 is 6.10 Å². The number of aliphatic hydroxyl groups excluding tert-OH is 1. The van der Waals surface area contributed by atoms with Crippen molar-refractivity contribution in [3.05, 3.63) is 51.8 Å².